The Balaban J connectivity index is 1.09. The molecule has 0 unspecified atom stereocenters. The van der Waals surface area contributed by atoms with Crippen molar-refractivity contribution in [1.29, 1.82) is 0 Å². The van der Waals surface area contributed by atoms with E-state index in [0.717, 1.165) is 48.9 Å². The van der Waals surface area contributed by atoms with Crippen LogP contribution in [-0.4, -0.2) is 22.4 Å². The van der Waals surface area contributed by atoms with Gasteiger partial charge in [0.15, 0.2) is 0 Å². The van der Waals surface area contributed by atoms with Crippen molar-refractivity contribution in [3.8, 4) is 0 Å². The quantitative estimate of drug-likeness (QED) is 0.313. The third-order valence-electron chi connectivity index (χ3n) is 13.6. The molecular formula is C34H54O2. The second-order valence-corrected chi connectivity index (χ2v) is 15.7. The van der Waals surface area contributed by atoms with E-state index in [1.54, 1.807) is 5.57 Å². The van der Waals surface area contributed by atoms with Crippen molar-refractivity contribution in [3.63, 3.8) is 0 Å². The lowest BCUT2D eigenvalue weighted by atomic mass is 9.39. The minimum absolute atomic E-state index is 0.127. The molecule has 1 spiro atoms. The first-order chi connectivity index (χ1) is 17.4. The van der Waals surface area contributed by atoms with Gasteiger partial charge in [-0.25, -0.2) is 0 Å². The van der Waals surface area contributed by atoms with Crippen LogP contribution < -0.4 is 0 Å². The minimum atomic E-state index is -0.356. The van der Waals surface area contributed by atoms with Crippen molar-refractivity contribution >= 4 is 0 Å². The summed E-state index contributed by atoms with van der Waals surface area (Å²) in [6.45, 7) is 7.39. The van der Waals surface area contributed by atoms with Crippen LogP contribution in [0.15, 0.2) is 12.2 Å². The van der Waals surface area contributed by atoms with Crippen LogP contribution in [0.5, 0.6) is 0 Å². The summed E-state index contributed by atoms with van der Waals surface area (Å²) in [5.41, 5.74) is 2.39. The first-order valence-corrected chi connectivity index (χ1v) is 16.4. The summed E-state index contributed by atoms with van der Waals surface area (Å²) in [4.78, 5) is 0. The van der Waals surface area contributed by atoms with Crippen molar-refractivity contribution in [2.75, 3.05) is 0 Å². The zero-order chi connectivity index (χ0) is 24.6. The van der Waals surface area contributed by atoms with Crippen molar-refractivity contribution < 1.29 is 9.84 Å². The minimum Gasteiger partial charge on any atom is -0.390 e. The molecule has 0 bridgehead atoms. The molecule has 202 valence electrons. The van der Waals surface area contributed by atoms with Gasteiger partial charge in [-0.1, -0.05) is 63.5 Å². The molecule has 6 aliphatic carbocycles. The summed E-state index contributed by atoms with van der Waals surface area (Å²) in [5, 5.41) is 11.1. The van der Waals surface area contributed by atoms with E-state index in [-0.39, 0.29) is 11.2 Å². The van der Waals surface area contributed by atoms with Crippen LogP contribution in [-0.2, 0) is 4.74 Å². The van der Waals surface area contributed by atoms with Crippen LogP contribution in [0.25, 0.3) is 0 Å². The zero-order valence-corrected chi connectivity index (χ0v) is 23.4. The van der Waals surface area contributed by atoms with Gasteiger partial charge in [-0.3, -0.25) is 0 Å². The van der Waals surface area contributed by atoms with Gasteiger partial charge in [0.05, 0.1) is 17.3 Å². The van der Waals surface area contributed by atoms with Gasteiger partial charge in [-0.15, -0.1) is 0 Å². The molecule has 8 atom stereocenters. The largest absolute Gasteiger partial charge is 0.390 e. The molecule has 2 nitrogen and oxygen atoms in total. The van der Waals surface area contributed by atoms with Crippen LogP contribution in [0.2, 0.25) is 0 Å². The molecule has 0 aromatic rings. The molecule has 1 saturated heterocycles. The molecule has 1 aliphatic heterocycles. The highest BCUT2D eigenvalue weighted by atomic mass is 16.6. The molecule has 7 aliphatic rings. The first-order valence-electron chi connectivity index (χ1n) is 16.4. The number of aliphatic hydroxyl groups is 1. The Hall–Kier alpha value is -0.340. The fourth-order valence-corrected chi connectivity index (χ4v) is 12.0. The molecule has 0 radical (unpaired) electrons. The Bertz CT molecular complexity index is 851. The summed E-state index contributed by atoms with van der Waals surface area (Å²) in [6.07, 6.45) is 28.5. The van der Waals surface area contributed by atoms with Gasteiger partial charge >= 0.3 is 0 Å². The highest BCUT2D eigenvalue weighted by Crippen LogP contribution is 2.73. The maximum atomic E-state index is 11.1. The van der Waals surface area contributed by atoms with Crippen LogP contribution in [0.1, 0.15) is 142 Å². The third kappa shape index (κ3) is 3.92. The maximum Gasteiger partial charge on any atom is 0.0930 e. The highest BCUT2D eigenvalue weighted by molar-refractivity contribution is 5.26. The number of hydrogen-bond donors (Lipinski definition) is 1. The van der Waals surface area contributed by atoms with Gasteiger partial charge in [0.1, 0.15) is 0 Å². The number of rotatable bonds is 4. The van der Waals surface area contributed by atoms with E-state index in [1.807, 2.05) is 0 Å². The van der Waals surface area contributed by atoms with Gasteiger partial charge in [0, 0.05) is 5.41 Å². The predicted octanol–water partition coefficient (Wildman–Crippen LogP) is 8.76. The molecular weight excluding hydrogens is 440 g/mol. The number of fused-ring (bicyclic) bond motifs is 2. The molecule has 0 amide bonds. The summed E-state index contributed by atoms with van der Waals surface area (Å²) >= 11 is 0. The maximum absolute atomic E-state index is 11.1. The predicted molar refractivity (Wildman–Crippen MR) is 147 cm³/mol. The summed E-state index contributed by atoms with van der Waals surface area (Å²) < 4.78 is 6.82. The molecule has 1 N–H and O–H groups in total. The van der Waals surface area contributed by atoms with Crippen molar-refractivity contribution in [2.24, 2.45) is 40.4 Å². The second-order valence-electron chi connectivity index (χ2n) is 15.7. The summed E-state index contributed by atoms with van der Waals surface area (Å²) in [5.74, 6) is 4.37. The Labute approximate surface area is 221 Å². The SMILES string of the molecule is C=C1C[C@@]2(CC[C@@H](CCC3(O)CCCCC3)C2)[C@@H]2O[C@]2(C)C[C@@H]2CCC[C@@]3(C4CCCCC4)C[C@H]1[C@@H]23. The van der Waals surface area contributed by atoms with Crippen LogP contribution >= 0.6 is 0 Å². The van der Waals surface area contributed by atoms with Gasteiger partial charge in [0.25, 0.3) is 0 Å². The first kappa shape index (κ1) is 24.7. The molecule has 1 heterocycles. The topological polar surface area (TPSA) is 32.8 Å². The Morgan fingerprint density at radius 2 is 1.64 bits per heavy atom. The third-order valence-corrected chi connectivity index (χ3v) is 13.6. The molecule has 7 rings (SSSR count). The fourth-order valence-electron chi connectivity index (χ4n) is 12.0. The van der Waals surface area contributed by atoms with E-state index in [2.05, 4.69) is 6.92 Å². The van der Waals surface area contributed by atoms with Gasteiger partial charge in [-0.2, -0.15) is 0 Å². The monoisotopic (exact) mass is 494 g/mol. The normalized spacial score (nSPS) is 50.4. The van der Waals surface area contributed by atoms with Crippen LogP contribution in [0, 0.1) is 40.4 Å². The molecule has 7 fully saturated rings. The lowest BCUT2D eigenvalue weighted by Crippen LogP contribution is -2.58. The molecule has 6 saturated carbocycles. The number of allylic oxidation sites excluding steroid dienone is 1. The number of ether oxygens (including phenoxy) is 1. The fraction of sp³-hybridized carbons (Fsp3) is 0.941. The standard InChI is InChI=1S/C34H54O2/c1-24-20-32(18-13-25(21-32)14-19-33(35)15-7-4-8-16-33)30-31(2,36-30)22-26-10-9-17-34(23-28(24)29(26)34)27-11-5-3-6-12-27/h25-30,35H,1,3-23H2,2H3/t25-,26-,28+,29+,30+,31+,32+,34-/m0/s1. The Kier molecular flexibility index (Phi) is 6.06. The average Bonchev–Trinajstić information content (AvgIpc) is 3.35. The molecule has 36 heavy (non-hydrogen) atoms. The van der Waals surface area contributed by atoms with Gasteiger partial charge in [-0.05, 0) is 125 Å². The van der Waals surface area contributed by atoms with Crippen molar-refractivity contribution in [3.05, 3.63) is 12.2 Å². The average molecular weight is 495 g/mol. The molecule has 0 aromatic heterocycles. The van der Waals surface area contributed by atoms with Gasteiger partial charge in [0.2, 0.25) is 0 Å². The van der Waals surface area contributed by atoms with E-state index in [4.69, 9.17) is 11.3 Å². The zero-order valence-electron chi connectivity index (χ0n) is 23.4. The van der Waals surface area contributed by atoms with Crippen LogP contribution in [0.3, 0.4) is 0 Å². The summed E-state index contributed by atoms with van der Waals surface area (Å²) in [7, 11) is 0. The highest BCUT2D eigenvalue weighted by Gasteiger charge is 2.69. The van der Waals surface area contributed by atoms with E-state index in [0.29, 0.717) is 16.9 Å². The van der Waals surface area contributed by atoms with Gasteiger partial charge < -0.3 is 9.84 Å². The smallest absolute Gasteiger partial charge is 0.0930 e. The lowest BCUT2D eigenvalue weighted by Gasteiger charge is -2.66. The van der Waals surface area contributed by atoms with E-state index < -0.39 is 0 Å². The number of epoxide rings is 1. The lowest BCUT2D eigenvalue weighted by molar-refractivity contribution is -0.151. The van der Waals surface area contributed by atoms with E-state index in [1.165, 1.54) is 116 Å². The summed E-state index contributed by atoms with van der Waals surface area (Å²) in [6, 6.07) is 0. The Morgan fingerprint density at radius 3 is 2.44 bits per heavy atom. The molecule has 2 heteroatoms. The Morgan fingerprint density at radius 1 is 0.861 bits per heavy atom. The van der Waals surface area contributed by atoms with Crippen molar-refractivity contribution in [1.82, 2.24) is 0 Å². The van der Waals surface area contributed by atoms with E-state index in [9.17, 15) is 5.11 Å². The molecule has 0 aromatic carbocycles. The van der Waals surface area contributed by atoms with Crippen LogP contribution in [0.4, 0.5) is 0 Å². The second kappa shape index (κ2) is 8.84. The van der Waals surface area contributed by atoms with Crippen molar-refractivity contribution in [2.45, 2.75) is 159 Å². The number of hydrogen-bond acceptors (Lipinski definition) is 2. The van der Waals surface area contributed by atoms with E-state index >= 15 is 0 Å².